The maximum atomic E-state index is 13.1. The lowest BCUT2D eigenvalue weighted by atomic mass is 10.1. The summed E-state index contributed by atoms with van der Waals surface area (Å²) in [5, 5.41) is 9.53. The summed E-state index contributed by atoms with van der Waals surface area (Å²) in [4.78, 5) is 0. The third-order valence-electron chi connectivity index (χ3n) is 2.55. The van der Waals surface area contributed by atoms with E-state index in [1.807, 2.05) is 0 Å². The molecular weight excluding hydrogens is 379 g/mol. The SMILES string of the molecule is C[C@H](O)c1ccc(Oc2ccc(F)c(Br)c2)cc1Br. The highest BCUT2D eigenvalue weighted by atomic mass is 79.9. The van der Waals surface area contributed by atoms with Crippen molar-refractivity contribution in [3.05, 3.63) is 56.7 Å². The molecule has 0 spiro atoms. The van der Waals surface area contributed by atoms with E-state index in [4.69, 9.17) is 4.74 Å². The molecule has 0 bridgehead atoms. The number of benzene rings is 2. The summed E-state index contributed by atoms with van der Waals surface area (Å²) in [6.45, 7) is 1.69. The van der Waals surface area contributed by atoms with Crippen molar-refractivity contribution >= 4 is 31.9 Å². The molecule has 2 aromatic carbocycles. The molecule has 0 aliphatic heterocycles. The maximum Gasteiger partial charge on any atom is 0.137 e. The molecule has 1 N–H and O–H groups in total. The lowest BCUT2D eigenvalue weighted by molar-refractivity contribution is 0.198. The van der Waals surface area contributed by atoms with Crippen molar-refractivity contribution in [2.75, 3.05) is 0 Å². The van der Waals surface area contributed by atoms with Gasteiger partial charge in [-0.1, -0.05) is 22.0 Å². The number of halogens is 3. The third-order valence-corrected chi connectivity index (χ3v) is 3.84. The largest absolute Gasteiger partial charge is 0.457 e. The molecule has 2 nitrogen and oxygen atoms in total. The van der Waals surface area contributed by atoms with Gasteiger partial charge in [-0.3, -0.25) is 0 Å². The fourth-order valence-electron chi connectivity index (χ4n) is 1.59. The van der Waals surface area contributed by atoms with Crippen molar-refractivity contribution in [3.63, 3.8) is 0 Å². The highest BCUT2D eigenvalue weighted by Gasteiger charge is 2.08. The van der Waals surface area contributed by atoms with Gasteiger partial charge in [0.05, 0.1) is 10.6 Å². The molecule has 0 unspecified atom stereocenters. The van der Waals surface area contributed by atoms with E-state index in [-0.39, 0.29) is 5.82 Å². The standard InChI is InChI=1S/C14H11Br2FO2/c1-8(18)11-4-2-9(6-12(11)15)19-10-3-5-14(17)13(16)7-10/h2-8,18H,1H3/t8-/m0/s1. The van der Waals surface area contributed by atoms with E-state index in [1.54, 1.807) is 37.3 Å². The topological polar surface area (TPSA) is 29.5 Å². The van der Waals surface area contributed by atoms with E-state index in [1.165, 1.54) is 6.07 Å². The van der Waals surface area contributed by atoms with Crippen LogP contribution in [0.3, 0.4) is 0 Å². The molecule has 19 heavy (non-hydrogen) atoms. The van der Waals surface area contributed by atoms with Crippen LogP contribution in [-0.2, 0) is 0 Å². The molecule has 5 heteroatoms. The minimum Gasteiger partial charge on any atom is -0.457 e. The Morgan fingerprint density at radius 1 is 1.05 bits per heavy atom. The van der Waals surface area contributed by atoms with Gasteiger partial charge in [0.15, 0.2) is 0 Å². The second kappa shape index (κ2) is 6.03. The van der Waals surface area contributed by atoms with Gasteiger partial charge in [-0.05, 0) is 58.7 Å². The molecule has 0 aliphatic carbocycles. The third kappa shape index (κ3) is 3.55. The van der Waals surface area contributed by atoms with Crippen LogP contribution in [0.5, 0.6) is 11.5 Å². The molecular formula is C14H11Br2FO2. The van der Waals surface area contributed by atoms with Gasteiger partial charge in [-0.15, -0.1) is 0 Å². The molecule has 0 heterocycles. The predicted molar refractivity (Wildman–Crippen MR) is 78.9 cm³/mol. The molecule has 2 rings (SSSR count). The molecule has 0 saturated carbocycles. The van der Waals surface area contributed by atoms with Crippen LogP contribution < -0.4 is 4.74 Å². The summed E-state index contributed by atoms with van der Waals surface area (Å²) in [5.41, 5.74) is 0.785. The quantitative estimate of drug-likeness (QED) is 0.781. The number of aliphatic hydroxyl groups is 1. The van der Waals surface area contributed by atoms with Crippen LogP contribution in [-0.4, -0.2) is 5.11 Å². The zero-order chi connectivity index (χ0) is 14.0. The van der Waals surface area contributed by atoms with Crippen molar-refractivity contribution in [1.82, 2.24) is 0 Å². The summed E-state index contributed by atoms with van der Waals surface area (Å²) in [5.74, 6) is 0.803. The van der Waals surface area contributed by atoms with E-state index in [0.717, 1.165) is 10.0 Å². The van der Waals surface area contributed by atoms with Gasteiger partial charge in [0.1, 0.15) is 17.3 Å². The van der Waals surface area contributed by atoms with Crippen molar-refractivity contribution in [2.24, 2.45) is 0 Å². The number of hydrogen-bond donors (Lipinski definition) is 1. The Bertz CT molecular complexity index is 600. The van der Waals surface area contributed by atoms with Gasteiger partial charge in [-0.2, -0.15) is 0 Å². The van der Waals surface area contributed by atoms with Gasteiger partial charge >= 0.3 is 0 Å². The Labute approximate surface area is 127 Å². The van der Waals surface area contributed by atoms with Crippen LogP contribution in [0.15, 0.2) is 45.3 Å². The Kier molecular flexibility index (Phi) is 4.60. The average molecular weight is 390 g/mol. The van der Waals surface area contributed by atoms with Crippen molar-refractivity contribution in [1.29, 1.82) is 0 Å². The zero-order valence-electron chi connectivity index (χ0n) is 10.0. The number of hydrogen-bond acceptors (Lipinski definition) is 2. The molecule has 0 saturated heterocycles. The Morgan fingerprint density at radius 2 is 1.63 bits per heavy atom. The van der Waals surface area contributed by atoms with E-state index in [9.17, 15) is 9.50 Å². The monoisotopic (exact) mass is 388 g/mol. The summed E-state index contributed by atoms with van der Waals surface area (Å²) in [6, 6.07) is 9.74. The second-order valence-electron chi connectivity index (χ2n) is 4.04. The summed E-state index contributed by atoms with van der Waals surface area (Å²) in [6.07, 6.45) is -0.552. The summed E-state index contributed by atoms with van der Waals surface area (Å²) >= 11 is 6.49. The predicted octanol–water partition coefficient (Wildman–Crippen LogP) is 5.20. The first-order valence-electron chi connectivity index (χ1n) is 5.58. The fraction of sp³-hybridized carbons (Fsp3) is 0.143. The van der Waals surface area contributed by atoms with Crippen LogP contribution in [0.25, 0.3) is 0 Å². The molecule has 100 valence electrons. The van der Waals surface area contributed by atoms with E-state index >= 15 is 0 Å². The molecule has 2 aromatic rings. The average Bonchev–Trinajstić information content (AvgIpc) is 2.33. The van der Waals surface area contributed by atoms with Crippen LogP contribution in [0.2, 0.25) is 0 Å². The molecule has 0 aromatic heterocycles. The summed E-state index contributed by atoms with van der Waals surface area (Å²) in [7, 11) is 0. The minimum atomic E-state index is -0.552. The van der Waals surface area contributed by atoms with E-state index in [0.29, 0.717) is 16.0 Å². The zero-order valence-corrected chi connectivity index (χ0v) is 13.2. The Balaban J connectivity index is 2.24. The lowest BCUT2D eigenvalue weighted by Gasteiger charge is -2.11. The molecule has 0 fully saturated rings. The van der Waals surface area contributed by atoms with Crippen LogP contribution >= 0.6 is 31.9 Å². The van der Waals surface area contributed by atoms with E-state index < -0.39 is 6.10 Å². The smallest absolute Gasteiger partial charge is 0.137 e. The van der Waals surface area contributed by atoms with Gasteiger partial charge < -0.3 is 9.84 Å². The first-order chi connectivity index (χ1) is 8.97. The van der Waals surface area contributed by atoms with Gasteiger partial charge in [0, 0.05) is 4.47 Å². The summed E-state index contributed by atoms with van der Waals surface area (Å²) < 4.78 is 19.8. The van der Waals surface area contributed by atoms with Crippen LogP contribution in [0.1, 0.15) is 18.6 Å². The Hall–Kier alpha value is -0.910. The molecule has 0 amide bonds. The molecule has 1 atom stereocenters. The number of aliphatic hydroxyl groups excluding tert-OH is 1. The van der Waals surface area contributed by atoms with E-state index in [2.05, 4.69) is 31.9 Å². The second-order valence-corrected chi connectivity index (χ2v) is 5.75. The van der Waals surface area contributed by atoms with Gasteiger partial charge in [0.2, 0.25) is 0 Å². The number of ether oxygens (including phenoxy) is 1. The van der Waals surface area contributed by atoms with Gasteiger partial charge in [0.25, 0.3) is 0 Å². The fourth-order valence-corrected chi connectivity index (χ4v) is 2.63. The van der Waals surface area contributed by atoms with Crippen LogP contribution in [0, 0.1) is 5.82 Å². The highest BCUT2D eigenvalue weighted by Crippen LogP contribution is 2.31. The highest BCUT2D eigenvalue weighted by molar-refractivity contribution is 9.10. The lowest BCUT2D eigenvalue weighted by Crippen LogP contribution is -1.93. The van der Waals surface area contributed by atoms with Crippen molar-refractivity contribution < 1.29 is 14.2 Å². The van der Waals surface area contributed by atoms with Crippen molar-refractivity contribution in [3.8, 4) is 11.5 Å². The Morgan fingerprint density at radius 3 is 2.16 bits per heavy atom. The maximum absolute atomic E-state index is 13.1. The number of rotatable bonds is 3. The van der Waals surface area contributed by atoms with Crippen molar-refractivity contribution in [2.45, 2.75) is 13.0 Å². The minimum absolute atomic E-state index is 0.335. The van der Waals surface area contributed by atoms with Gasteiger partial charge in [-0.25, -0.2) is 4.39 Å². The molecule has 0 radical (unpaired) electrons. The first-order valence-corrected chi connectivity index (χ1v) is 7.16. The van der Waals surface area contributed by atoms with Crippen LogP contribution in [0.4, 0.5) is 4.39 Å². The first kappa shape index (κ1) is 14.5. The normalized spacial score (nSPS) is 12.3. The molecule has 0 aliphatic rings.